The zero-order valence-corrected chi connectivity index (χ0v) is 12.4. The van der Waals surface area contributed by atoms with Gasteiger partial charge in [-0.15, -0.1) is 0 Å². The monoisotopic (exact) mass is 298 g/mol. The lowest BCUT2D eigenvalue weighted by atomic mass is 9.95. The molecule has 0 heterocycles. The highest BCUT2D eigenvalue weighted by atomic mass is 16.1. The van der Waals surface area contributed by atoms with E-state index in [2.05, 4.69) is 22.7 Å². The van der Waals surface area contributed by atoms with Gasteiger partial charge in [-0.05, 0) is 23.1 Å². The summed E-state index contributed by atoms with van der Waals surface area (Å²) >= 11 is 0. The number of anilines is 1. The molecule has 0 amide bonds. The standard InChI is InChI=1S/C20H14N2O/c23-19-13-12-15-7-2-4-10-17(15)20(19)22-21-18-11-5-8-14-6-1-3-9-16(14)18/h1-13,21H/b22-20-. The van der Waals surface area contributed by atoms with E-state index in [1.165, 1.54) is 0 Å². The molecule has 3 aromatic rings. The molecule has 1 aliphatic rings. The van der Waals surface area contributed by atoms with Crippen LogP contribution in [0.3, 0.4) is 0 Å². The molecule has 0 saturated carbocycles. The van der Waals surface area contributed by atoms with E-state index < -0.39 is 0 Å². The average Bonchev–Trinajstić information content (AvgIpc) is 2.61. The van der Waals surface area contributed by atoms with Crippen molar-refractivity contribution in [1.29, 1.82) is 0 Å². The lowest BCUT2D eigenvalue weighted by Gasteiger charge is -2.12. The summed E-state index contributed by atoms with van der Waals surface area (Å²) in [4.78, 5) is 12.2. The van der Waals surface area contributed by atoms with Crippen LogP contribution in [-0.4, -0.2) is 11.5 Å². The predicted octanol–water partition coefficient (Wildman–Crippen LogP) is 4.25. The topological polar surface area (TPSA) is 41.5 Å². The smallest absolute Gasteiger partial charge is 0.206 e. The lowest BCUT2D eigenvalue weighted by Crippen LogP contribution is -2.19. The van der Waals surface area contributed by atoms with Gasteiger partial charge in [0.05, 0.1) is 5.69 Å². The van der Waals surface area contributed by atoms with E-state index in [0.29, 0.717) is 5.71 Å². The van der Waals surface area contributed by atoms with Crippen LogP contribution in [0.2, 0.25) is 0 Å². The predicted molar refractivity (Wildman–Crippen MR) is 94.6 cm³/mol. The van der Waals surface area contributed by atoms with Gasteiger partial charge in [0.2, 0.25) is 5.78 Å². The van der Waals surface area contributed by atoms with E-state index in [9.17, 15) is 4.79 Å². The molecule has 1 aliphatic carbocycles. The maximum Gasteiger partial charge on any atom is 0.206 e. The number of ketones is 1. The quantitative estimate of drug-likeness (QED) is 0.718. The maximum absolute atomic E-state index is 12.2. The molecule has 0 radical (unpaired) electrons. The Balaban J connectivity index is 1.76. The first-order valence-corrected chi connectivity index (χ1v) is 7.46. The highest BCUT2D eigenvalue weighted by molar-refractivity contribution is 6.52. The summed E-state index contributed by atoms with van der Waals surface area (Å²) < 4.78 is 0. The van der Waals surface area contributed by atoms with E-state index in [1.54, 1.807) is 6.08 Å². The number of fused-ring (bicyclic) bond motifs is 2. The van der Waals surface area contributed by atoms with Gasteiger partial charge in [-0.3, -0.25) is 10.2 Å². The summed E-state index contributed by atoms with van der Waals surface area (Å²) in [5.41, 5.74) is 6.25. The van der Waals surface area contributed by atoms with Gasteiger partial charge in [0.25, 0.3) is 0 Å². The Morgan fingerprint density at radius 3 is 2.52 bits per heavy atom. The zero-order valence-electron chi connectivity index (χ0n) is 12.4. The van der Waals surface area contributed by atoms with Crippen LogP contribution in [-0.2, 0) is 4.79 Å². The molecule has 4 rings (SSSR count). The average molecular weight is 298 g/mol. The van der Waals surface area contributed by atoms with Gasteiger partial charge in [-0.25, -0.2) is 0 Å². The Morgan fingerprint density at radius 2 is 1.57 bits per heavy atom. The fourth-order valence-corrected chi connectivity index (χ4v) is 2.79. The molecule has 3 nitrogen and oxygen atoms in total. The maximum atomic E-state index is 12.2. The van der Waals surface area contributed by atoms with Crippen molar-refractivity contribution in [3.8, 4) is 0 Å². The molecule has 0 unspecified atom stereocenters. The van der Waals surface area contributed by atoms with Crippen molar-refractivity contribution in [2.75, 3.05) is 5.43 Å². The first kappa shape index (κ1) is 13.5. The van der Waals surface area contributed by atoms with Crippen molar-refractivity contribution < 1.29 is 4.79 Å². The van der Waals surface area contributed by atoms with E-state index >= 15 is 0 Å². The van der Waals surface area contributed by atoms with Crippen LogP contribution < -0.4 is 5.43 Å². The largest absolute Gasteiger partial charge is 0.287 e. The Labute approximate surface area is 134 Å². The van der Waals surface area contributed by atoms with Gasteiger partial charge in [0, 0.05) is 10.9 Å². The van der Waals surface area contributed by atoms with Gasteiger partial charge >= 0.3 is 0 Å². The second-order valence-electron chi connectivity index (χ2n) is 5.38. The van der Waals surface area contributed by atoms with Crippen molar-refractivity contribution in [3.63, 3.8) is 0 Å². The zero-order chi connectivity index (χ0) is 15.6. The number of benzene rings is 3. The summed E-state index contributed by atoms with van der Waals surface area (Å²) in [6.45, 7) is 0. The fourth-order valence-electron chi connectivity index (χ4n) is 2.79. The van der Waals surface area contributed by atoms with Crippen LogP contribution in [0.15, 0.2) is 77.9 Å². The number of rotatable bonds is 2. The third kappa shape index (κ3) is 2.42. The molecule has 0 aromatic heterocycles. The number of carbonyl (C=O) groups excluding carboxylic acids is 1. The Kier molecular flexibility index (Phi) is 3.24. The van der Waals surface area contributed by atoms with Crippen LogP contribution >= 0.6 is 0 Å². The van der Waals surface area contributed by atoms with E-state index in [4.69, 9.17) is 0 Å². The first-order valence-electron chi connectivity index (χ1n) is 7.46. The summed E-state index contributed by atoms with van der Waals surface area (Å²) in [5.74, 6) is -0.0866. The molecule has 0 saturated heterocycles. The lowest BCUT2D eigenvalue weighted by molar-refractivity contribution is -0.108. The van der Waals surface area contributed by atoms with Crippen molar-refractivity contribution in [2.45, 2.75) is 0 Å². The second-order valence-corrected chi connectivity index (χ2v) is 5.38. The SMILES string of the molecule is O=C1C=Cc2ccccc2/C1=N/Nc1cccc2ccccc12. The summed E-state index contributed by atoms with van der Waals surface area (Å²) in [7, 11) is 0. The van der Waals surface area contributed by atoms with Crippen LogP contribution in [0, 0.1) is 0 Å². The Morgan fingerprint density at radius 1 is 0.783 bits per heavy atom. The third-order valence-corrected chi connectivity index (χ3v) is 3.94. The Bertz CT molecular complexity index is 965. The molecule has 0 bridgehead atoms. The second kappa shape index (κ2) is 5.54. The number of hydrogen-bond donors (Lipinski definition) is 1. The van der Waals surface area contributed by atoms with E-state index in [0.717, 1.165) is 27.6 Å². The van der Waals surface area contributed by atoms with Crippen LogP contribution in [0.1, 0.15) is 11.1 Å². The van der Waals surface area contributed by atoms with E-state index in [1.807, 2.05) is 60.7 Å². The molecular formula is C20H14N2O. The van der Waals surface area contributed by atoms with Crippen LogP contribution in [0.5, 0.6) is 0 Å². The molecule has 1 N–H and O–H groups in total. The molecule has 0 aliphatic heterocycles. The minimum atomic E-state index is -0.0866. The highest BCUT2D eigenvalue weighted by Crippen LogP contribution is 2.24. The van der Waals surface area contributed by atoms with Crippen molar-refractivity contribution in [1.82, 2.24) is 0 Å². The Hall–Kier alpha value is -3.20. The summed E-state index contributed by atoms with van der Waals surface area (Å²) in [6.07, 6.45) is 3.39. The van der Waals surface area contributed by atoms with Gasteiger partial charge in [0.1, 0.15) is 5.71 Å². The van der Waals surface area contributed by atoms with Crippen molar-refractivity contribution in [3.05, 3.63) is 83.9 Å². The molecule has 110 valence electrons. The number of nitrogens with zero attached hydrogens (tertiary/aromatic N) is 1. The minimum Gasteiger partial charge on any atom is -0.287 e. The molecule has 0 atom stereocenters. The van der Waals surface area contributed by atoms with Gasteiger partial charge in [-0.1, -0.05) is 66.7 Å². The third-order valence-electron chi connectivity index (χ3n) is 3.94. The molecule has 23 heavy (non-hydrogen) atoms. The first-order chi connectivity index (χ1) is 11.3. The normalized spacial score (nSPS) is 15.0. The summed E-state index contributed by atoms with van der Waals surface area (Å²) in [6, 6.07) is 21.8. The van der Waals surface area contributed by atoms with Gasteiger partial charge < -0.3 is 0 Å². The molecule has 0 fully saturated rings. The van der Waals surface area contributed by atoms with Crippen LogP contribution in [0.25, 0.3) is 16.8 Å². The van der Waals surface area contributed by atoms with Crippen molar-refractivity contribution >= 4 is 34.0 Å². The molecule has 3 heteroatoms. The fraction of sp³-hybridized carbons (Fsp3) is 0. The number of nitrogens with one attached hydrogen (secondary N) is 1. The van der Waals surface area contributed by atoms with E-state index in [-0.39, 0.29) is 5.78 Å². The van der Waals surface area contributed by atoms with Gasteiger partial charge in [0.15, 0.2) is 0 Å². The van der Waals surface area contributed by atoms with Gasteiger partial charge in [-0.2, -0.15) is 5.10 Å². The number of carbonyl (C=O) groups is 1. The number of allylic oxidation sites excluding steroid dienone is 1. The number of hydrazone groups is 1. The molecular weight excluding hydrogens is 284 g/mol. The molecule has 0 spiro atoms. The highest BCUT2D eigenvalue weighted by Gasteiger charge is 2.18. The number of hydrogen-bond acceptors (Lipinski definition) is 3. The summed E-state index contributed by atoms with van der Waals surface area (Å²) in [5, 5.41) is 6.60. The molecule has 3 aromatic carbocycles. The van der Waals surface area contributed by atoms with Crippen molar-refractivity contribution in [2.24, 2.45) is 5.10 Å². The van der Waals surface area contributed by atoms with Crippen LogP contribution in [0.4, 0.5) is 5.69 Å². The minimum absolute atomic E-state index is 0.0866.